The topological polar surface area (TPSA) is 87.8 Å². The summed E-state index contributed by atoms with van der Waals surface area (Å²) in [6.45, 7) is 2.34. The zero-order chi connectivity index (χ0) is 24.1. The van der Waals surface area contributed by atoms with Crippen molar-refractivity contribution in [2.75, 3.05) is 0 Å². The third-order valence-corrected chi connectivity index (χ3v) is 7.47. The van der Waals surface area contributed by atoms with Crippen LogP contribution in [0.25, 0.3) is 22.3 Å². The number of pyridine rings is 1. The molecule has 3 aromatic rings. The van der Waals surface area contributed by atoms with Gasteiger partial charge in [-0.05, 0) is 62.9 Å². The van der Waals surface area contributed by atoms with Gasteiger partial charge in [0.1, 0.15) is 22.8 Å². The molecular formula is C22H20F4N4O2S. The van der Waals surface area contributed by atoms with E-state index in [9.17, 15) is 31.2 Å². The molecule has 0 saturated heterocycles. The van der Waals surface area contributed by atoms with Crippen LogP contribution >= 0.6 is 0 Å². The van der Waals surface area contributed by atoms with Crippen molar-refractivity contribution < 1.29 is 26.0 Å². The lowest BCUT2D eigenvalue weighted by Crippen LogP contribution is -2.42. The molecule has 6 nitrogen and oxygen atoms in total. The van der Waals surface area contributed by atoms with E-state index in [4.69, 9.17) is 0 Å². The van der Waals surface area contributed by atoms with Crippen LogP contribution < -0.4 is 4.72 Å². The van der Waals surface area contributed by atoms with Gasteiger partial charge >= 0.3 is 6.18 Å². The molecule has 1 aliphatic carbocycles. The number of nitrogens with zero attached hydrogens (tertiary/aromatic N) is 3. The Labute approximate surface area is 187 Å². The second-order valence-electron chi connectivity index (χ2n) is 8.17. The van der Waals surface area contributed by atoms with Gasteiger partial charge in [0.05, 0.1) is 22.5 Å². The number of nitriles is 1. The summed E-state index contributed by atoms with van der Waals surface area (Å²) in [5.41, 5.74) is 2.03. The second kappa shape index (κ2) is 8.11. The predicted octanol–water partition coefficient (Wildman–Crippen LogP) is 4.98. The second-order valence-corrected chi connectivity index (χ2v) is 9.89. The van der Waals surface area contributed by atoms with Crippen LogP contribution in [0.2, 0.25) is 0 Å². The van der Waals surface area contributed by atoms with Crippen molar-refractivity contribution in [1.82, 2.24) is 14.3 Å². The summed E-state index contributed by atoms with van der Waals surface area (Å²) < 4.78 is 80.9. The van der Waals surface area contributed by atoms with Gasteiger partial charge < -0.3 is 4.57 Å². The average molecular weight is 480 g/mol. The van der Waals surface area contributed by atoms with Gasteiger partial charge in [-0.1, -0.05) is 0 Å². The van der Waals surface area contributed by atoms with Crippen LogP contribution in [0.3, 0.4) is 0 Å². The third kappa shape index (κ3) is 4.09. The van der Waals surface area contributed by atoms with Gasteiger partial charge in [0.15, 0.2) is 0 Å². The number of rotatable bonds is 5. The number of aromatic nitrogens is 2. The van der Waals surface area contributed by atoms with Crippen molar-refractivity contribution in [1.29, 1.82) is 5.26 Å². The zero-order valence-electron chi connectivity index (χ0n) is 17.7. The molecule has 1 aliphatic rings. The van der Waals surface area contributed by atoms with E-state index in [1.54, 1.807) is 17.7 Å². The molecular weight excluding hydrogens is 460 g/mol. The molecule has 4 rings (SSSR count). The van der Waals surface area contributed by atoms with Crippen LogP contribution in [-0.4, -0.2) is 30.2 Å². The highest BCUT2D eigenvalue weighted by Crippen LogP contribution is 2.42. The van der Waals surface area contributed by atoms with Crippen LogP contribution in [0.15, 0.2) is 35.4 Å². The highest BCUT2D eigenvalue weighted by molar-refractivity contribution is 7.89. The van der Waals surface area contributed by atoms with Gasteiger partial charge in [0.25, 0.3) is 0 Å². The fraction of sp³-hybridized carbons (Fsp3) is 0.364. The Kier molecular flexibility index (Phi) is 5.70. The molecule has 1 atom stereocenters. The van der Waals surface area contributed by atoms with Crippen LogP contribution in [0.1, 0.15) is 43.4 Å². The van der Waals surface area contributed by atoms with Crippen LogP contribution in [0.4, 0.5) is 17.6 Å². The minimum atomic E-state index is -4.74. The normalized spacial score (nSPS) is 15.9. The Hall–Kier alpha value is -2.97. The molecule has 0 amide bonds. The van der Waals surface area contributed by atoms with Crippen LogP contribution in [0, 0.1) is 24.1 Å². The van der Waals surface area contributed by atoms with Gasteiger partial charge in [-0.25, -0.2) is 12.8 Å². The number of halogens is 4. The largest absolute Gasteiger partial charge is 0.404 e. The van der Waals surface area contributed by atoms with E-state index in [1.807, 2.05) is 4.57 Å². The van der Waals surface area contributed by atoms with E-state index in [2.05, 4.69) is 11.1 Å². The average Bonchev–Trinajstić information content (AvgIpc) is 2.99. The molecule has 0 spiro atoms. The summed E-state index contributed by atoms with van der Waals surface area (Å²) in [5, 5.41) is 10.3. The standard InChI is InChI=1S/C22H20F4N4O2S/c1-12-8-20-16(9-18(12)23)17(10-27)21(30(20)14-4-3-5-14)19-7-6-15(11-28-19)33(31,32)29-13(2)22(24,25)26/h6-9,11,13-14,29H,3-5H2,1-2H3/t13-/m1/s1. The van der Waals surface area contributed by atoms with Gasteiger partial charge in [-0.15, -0.1) is 0 Å². The first-order valence-corrected chi connectivity index (χ1v) is 11.7. The van der Waals surface area contributed by atoms with E-state index in [1.165, 1.54) is 12.1 Å². The molecule has 2 aromatic heterocycles. The van der Waals surface area contributed by atoms with Crippen molar-refractivity contribution in [3.8, 4) is 17.5 Å². The first kappa shape index (κ1) is 23.2. The minimum Gasteiger partial charge on any atom is -0.335 e. The molecule has 174 valence electrons. The number of sulfonamides is 1. The van der Waals surface area contributed by atoms with Crippen molar-refractivity contribution in [3.63, 3.8) is 0 Å². The van der Waals surface area contributed by atoms with Crippen LogP contribution in [-0.2, 0) is 10.0 Å². The predicted molar refractivity (Wildman–Crippen MR) is 113 cm³/mol. The molecule has 11 heteroatoms. The number of hydrogen-bond donors (Lipinski definition) is 1. The van der Waals surface area contributed by atoms with E-state index >= 15 is 0 Å². The van der Waals surface area contributed by atoms with E-state index in [0.29, 0.717) is 29.1 Å². The third-order valence-electron chi connectivity index (χ3n) is 5.95. The first-order valence-electron chi connectivity index (χ1n) is 10.2. The molecule has 0 aliphatic heterocycles. The van der Waals surface area contributed by atoms with E-state index in [0.717, 1.165) is 31.5 Å². The maximum absolute atomic E-state index is 14.3. The Morgan fingerprint density at radius 3 is 2.48 bits per heavy atom. The SMILES string of the molecule is Cc1cc2c(cc1F)c(C#N)c(-c1ccc(S(=O)(=O)N[C@H](C)C(F)(F)F)cn1)n2C1CCC1. The fourth-order valence-corrected chi connectivity index (χ4v) is 5.04. The molecule has 0 unspecified atom stereocenters. The minimum absolute atomic E-state index is 0.0778. The smallest absolute Gasteiger partial charge is 0.335 e. The highest BCUT2D eigenvalue weighted by Gasteiger charge is 2.39. The summed E-state index contributed by atoms with van der Waals surface area (Å²) in [4.78, 5) is 3.73. The Bertz CT molecular complexity index is 1370. The van der Waals surface area contributed by atoms with Crippen molar-refractivity contribution >= 4 is 20.9 Å². The number of alkyl halides is 3. The van der Waals surface area contributed by atoms with Gasteiger partial charge in [-0.2, -0.15) is 23.2 Å². The molecule has 1 fully saturated rings. The first-order chi connectivity index (χ1) is 15.4. The molecule has 0 bridgehead atoms. The maximum atomic E-state index is 14.3. The Morgan fingerprint density at radius 2 is 1.97 bits per heavy atom. The number of hydrogen-bond acceptors (Lipinski definition) is 4. The molecule has 2 heterocycles. The molecule has 0 radical (unpaired) electrons. The fourth-order valence-electron chi connectivity index (χ4n) is 3.87. The number of fused-ring (bicyclic) bond motifs is 1. The number of nitrogens with one attached hydrogen (secondary N) is 1. The Morgan fingerprint density at radius 1 is 1.27 bits per heavy atom. The maximum Gasteiger partial charge on any atom is 0.404 e. The summed E-state index contributed by atoms with van der Waals surface area (Å²) >= 11 is 0. The molecule has 33 heavy (non-hydrogen) atoms. The molecule has 1 N–H and O–H groups in total. The van der Waals surface area contributed by atoms with Gasteiger partial charge in [-0.3, -0.25) is 4.98 Å². The number of aryl methyl sites for hydroxylation is 1. The summed E-state index contributed by atoms with van der Waals surface area (Å²) in [6.07, 6.45) is -1.05. The van der Waals surface area contributed by atoms with Crippen molar-refractivity contribution in [2.24, 2.45) is 0 Å². The van der Waals surface area contributed by atoms with Gasteiger partial charge in [0.2, 0.25) is 10.0 Å². The van der Waals surface area contributed by atoms with Gasteiger partial charge in [0, 0.05) is 17.6 Å². The van der Waals surface area contributed by atoms with Crippen molar-refractivity contribution in [2.45, 2.75) is 56.3 Å². The summed E-state index contributed by atoms with van der Waals surface area (Å²) in [7, 11) is -4.47. The summed E-state index contributed by atoms with van der Waals surface area (Å²) in [5.74, 6) is -0.449. The highest BCUT2D eigenvalue weighted by atomic mass is 32.2. The quantitative estimate of drug-likeness (QED) is 0.522. The van der Waals surface area contributed by atoms with Crippen molar-refractivity contribution in [3.05, 3.63) is 47.4 Å². The zero-order valence-corrected chi connectivity index (χ0v) is 18.6. The van der Waals surface area contributed by atoms with E-state index in [-0.39, 0.29) is 17.3 Å². The lowest BCUT2D eigenvalue weighted by Gasteiger charge is -2.30. The lowest BCUT2D eigenvalue weighted by molar-refractivity contribution is -0.147. The molecule has 1 aromatic carbocycles. The monoisotopic (exact) mass is 480 g/mol. The molecule has 1 saturated carbocycles. The van der Waals surface area contributed by atoms with Crippen LogP contribution in [0.5, 0.6) is 0 Å². The number of benzene rings is 1. The lowest BCUT2D eigenvalue weighted by atomic mass is 9.92. The summed E-state index contributed by atoms with van der Waals surface area (Å²) in [6, 6.07) is 5.39. The Balaban J connectivity index is 1.82. The van der Waals surface area contributed by atoms with E-state index < -0.39 is 33.0 Å².